The topological polar surface area (TPSA) is 34.0 Å². The summed E-state index contributed by atoms with van der Waals surface area (Å²) in [5, 5.41) is 4.85. The van der Waals surface area contributed by atoms with Crippen molar-refractivity contribution in [1.82, 2.24) is 4.57 Å². The predicted molar refractivity (Wildman–Crippen MR) is 91.8 cm³/mol. The van der Waals surface area contributed by atoms with Crippen LogP contribution in [-0.2, 0) is 11.3 Å². The quantitative estimate of drug-likeness (QED) is 0.727. The molecule has 0 aliphatic rings. The van der Waals surface area contributed by atoms with Crippen molar-refractivity contribution in [3.8, 4) is 0 Å². The maximum atomic E-state index is 12.3. The number of carbonyl (C=O) groups excluding carboxylic acids is 1. The smallest absolute Gasteiger partial charge is 0.244 e. The molecule has 0 aliphatic carbocycles. The molecule has 0 atom stereocenters. The van der Waals surface area contributed by atoms with Crippen LogP contribution in [0, 0.1) is 6.92 Å². The normalized spacial score (nSPS) is 10.9. The lowest BCUT2D eigenvalue weighted by Crippen LogP contribution is -2.19. The van der Waals surface area contributed by atoms with Crippen molar-refractivity contribution < 1.29 is 4.79 Å². The molecule has 3 aromatic rings. The number of hydrogen-bond acceptors (Lipinski definition) is 1. The predicted octanol–water partition coefficient (Wildman–Crippen LogP) is 4.90. The molecule has 1 N–H and O–H groups in total. The summed E-state index contributed by atoms with van der Waals surface area (Å²) >= 11 is 11.8. The monoisotopic (exact) mass is 332 g/mol. The van der Waals surface area contributed by atoms with E-state index in [-0.39, 0.29) is 12.5 Å². The molecule has 0 saturated carbocycles. The lowest BCUT2D eigenvalue weighted by Gasteiger charge is -2.10. The van der Waals surface area contributed by atoms with Gasteiger partial charge in [-0.05, 0) is 42.6 Å². The van der Waals surface area contributed by atoms with Gasteiger partial charge in [-0.1, -0.05) is 41.4 Å². The van der Waals surface area contributed by atoms with E-state index < -0.39 is 0 Å². The average molecular weight is 333 g/mol. The zero-order chi connectivity index (χ0) is 15.7. The Bertz CT molecular complexity index is 855. The van der Waals surface area contributed by atoms with Gasteiger partial charge < -0.3 is 9.88 Å². The molecule has 0 saturated heterocycles. The molecule has 22 heavy (non-hydrogen) atoms. The first-order valence-electron chi connectivity index (χ1n) is 6.84. The van der Waals surface area contributed by atoms with Crippen LogP contribution < -0.4 is 5.32 Å². The van der Waals surface area contributed by atoms with E-state index in [2.05, 4.69) is 11.4 Å². The molecular weight excluding hydrogens is 319 g/mol. The van der Waals surface area contributed by atoms with Crippen LogP contribution in [0.4, 0.5) is 5.69 Å². The van der Waals surface area contributed by atoms with E-state index in [4.69, 9.17) is 23.2 Å². The van der Waals surface area contributed by atoms with Gasteiger partial charge in [-0.2, -0.15) is 0 Å². The number of carbonyl (C=O) groups is 1. The first kappa shape index (κ1) is 14.9. The first-order valence-corrected chi connectivity index (χ1v) is 7.60. The number of nitrogens with one attached hydrogen (secondary N) is 1. The van der Waals surface area contributed by atoms with Gasteiger partial charge in [0.1, 0.15) is 6.54 Å². The van der Waals surface area contributed by atoms with Gasteiger partial charge in [0.15, 0.2) is 0 Å². The fourth-order valence-electron chi connectivity index (χ4n) is 2.48. The van der Waals surface area contributed by atoms with Gasteiger partial charge >= 0.3 is 0 Å². The summed E-state index contributed by atoms with van der Waals surface area (Å²) in [4.78, 5) is 12.3. The second-order valence-electron chi connectivity index (χ2n) is 5.11. The standard InChI is InChI=1S/C17H14Cl2N2O/c1-11-8-12-4-2-3-5-16(12)21(11)10-17(22)20-13-6-7-14(18)15(19)9-13/h2-9H,10H2,1H3,(H,20,22). The van der Waals surface area contributed by atoms with Crippen molar-refractivity contribution in [2.45, 2.75) is 13.5 Å². The molecule has 3 rings (SSSR count). The highest BCUT2D eigenvalue weighted by Gasteiger charge is 2.10. The van der Waals surface area contributed by atoms with Crippen molar-refractivity contribution in [3.63, 3.8) is 0 Å². The Hall–Kier alpha value is -1.97. The van der Waals surface area contributed by atoms with Gasteiger partial charge in [-0.3, -0.25) is 4.79 Å². The summed E-state index contributed by atoms with van der Waals surface area (Å²) in [5.41, 5.74) is 2.73. The van der Waals surface area contributed by atoms with Gasteiger partial charge in [0.25, 0.3) is 0 Å². The molecule has 3 nitrogen and oxygen atoms in total. The lowest BCUT2D eigenvalue weighted by molar-refractivity contribution is -0.116. The van der Waals surface area contributed by atoms with Crippen LogP contribution in [0.3, 0.4) is 0 Å². The van der Waals surface area contributed by atoms with E-state index in [0.717, 1.165) is 16.6 Å². The highest BCUT2D eigenvalue weighted by molar-refractivity contribution is 6.42. The number of para-hydroxylation sites is 1. The maximum Gasteiger partial charge on any atom is 0.244 e. The number of nitrogens with zero attached hydrogens (tertiary/aromatic N) is 1. The molecule has 0 aliphatic heterocycles. The number of fused-ring (bicyclic) bond motifs is 1. The molecule has 1 amide bonds. The lowest BCUT2D eigenvalue weighted by atomic mass is 10.2. The number of aryl methyl sites for hydroxylation is 1. The summed E-state index contributed by atoms with van der Waals surface area (Å²) < 4.78 is 1.99. The fraction of sp³-hybridized carbons (Fsp3) is 0.118. The Morgan fingerprint density at radius 1 is 1.09 bits per heavy atom. The van der Waals surface area contributed by atoms with Crippen molar-refractivity contribution in [1.29, 1.82) is 0 Å². The minimum atomic E-state index is -0.108. The van der Waals surface area contributed by atoms with Crippen LogP contribution in [0.2, 0.25) is 10.0 Å². The second kappa shape index (κ2) is 6.03. The molecule has 1 heterocycles. The Balaban J connectivity index is 1.81. The largest absolute Gasteiger partial charge is 0.335 e. The summed E-state index contributed by atoms with van der Waals surface area (Å²) in [6, 6.07) is 15.1. The number of halogens is 2. The van der Waals surface area contributed by atoms with Gasteiger partial charge in [0, 0.05) is 16.9 Å². The van der Waals surface area contributed by atoms with Crippen molar-refractivity contribution in [3.05, 3.63) is 64.3 Å². The molecule has 2 aromatic carbocycles. The first-order chi connectivity index (χ1) is 10.5. The molecule has 0 bridgehead atoms. The van der Waals surface area contributed by atoms with Crippen molar-refractivity contribution in [2.75, 3.05) is 5.32 Å². The van der Waals surface area contributed by atoms with Gasteiger partial charge in [-0.15, -0.1) is 0 Å². The fourth-order valence-corrected chi connectivity index (χ4v) is 2.77. The van der Waals surface area contributed by atoms with E-state index in [1.165, 1.54) is 0 Å². The average Bonchev–Trinajstić information content (AvgIpc) is 2.79. The third kappa shape index (κ3) is 2.96. The number of benzene rings is 2. The Labute approximate surface area is 138 Å². The second-order valence-corrected chi connectivity index (χ2v) is 5.92. The van der Waals surface area contributed by atoms with E-state index in [0.29, 0.717) is 15.7 Å². The van der Waals surface area contributed by atoms with Crippen molar-refractivity contribution >= 4 is 45.7 Å². The van der Waals surface area contributed by atoms with Gasteiger partial charge in [0.05, 0.1) is 10.0 Å². The number of hydrogen-bond donors (Lipinski definition) is 1. The Morgan fingerprint density at radius 3 is 2.64 bits per heavy atom. The molecule has 0 radical (unpaired) electrons. The molecule has 112 valence electrons. The van der Waals surface area contributed by atoms with Crippen LogP contribution >= 0.6 is 23.2 Å². The highest BCUT2D eigenvalue weighted by Crippen LogP contribution is 2.25. The van der Waals surface area contributed by atoms with Crippen LogP contribution in [-0.4, -0.2) is 10.5 Å². The van der Waals surface area contributed by atoms with E-state index in [1.807, 2.05) is 35.8 Å². The number of rotatable bonds is 3. The van der Waals surface area contributed by atoms with E-state index in [1.54, 1.807) is 18.2 Å². The summed E-state index contributed by atoms with van der Waals surface area (Å²) in [5.74, 6) is -0.108. The third-order valence-electron chi connectivity index (χ3n) is 3.52. The Kier molecular flexibility index (Phi) is 4.10. The van der Waals surface area contributed by atoms with Gasteiger partial charge in [0.2, 0.25) is 5.91 Å². The van der Waals surface area contributed by atoms with E-state index in [9.17, 15) is 4.79 Å². The summed E-state index contributed by atoms with van der Waals surface area (Å²) in [7, 11) is 0. The maximum absolute atomic E-state index is 12.3. The van der Waals surface area contributed by atoms with Crippen LogP contribution in [0.25, 0.3) is 10.9 Å². The minimum absolute atomic E-state index is 0.108. The zero-order valence-electron chi connectivity index (χ0n) is 11.9. The van der Waals surface area contributed by atoms with Crippen LogP contribution in [0.1, 0.15) is 5.69 Å². The zero-order valence-corrected chi connectivity index (χ0v) is 13.4. The molecular formula is C17H14Cl2N2O. The number of aromatic nitrogens is 1. The highest BCUT2D eigenvalue weighted by atomic mass is 35.5. The number of anilines is 1. The molecule has 5 heteroatoms. The van der Waals surface area contributed by atoms with Crippen LogP contribution in [0.15, 0.2) is 48.5 Å². The van der Waals surface area contributed by atoms with Gasteiger partial charge in [-0.25, -0.2) is 0 Å². The minimum Gasteiger partial charge on any atom is -0.335 e. The molecule has 1 aromatic heterocycles. The summed E-state index contributed by atoms with van der Waals surface area (Å²) in [6.45, 7) is 2.24. The third-order valence-corrected chi connectivity index (χ3v) is 4.26. The Morgan fingerprint density at radius 2 is 1.86 bits per heavy atom. The molecule has 0 spiro atoms. The van der Waals surface area contributed by atoms with Crippen LogP contribution in [0.5, 0.6) is 0 Å². The molecule has 0 fully saturated rings. The van der Waals surface area contributed by atoms with E-state index >= 15 is 0 Å². The van der Waals surface area contributed by atoms with Crippen molar-refractivity contribution in [2.24, 2.45) is 0 Å². The SMILES string of the molecule is Cc1cc2ccccc2n1CC(=O)Nc1ccc(Cl)c(Cl)c1. The molecule has 0 unspecified atom stereocenters. The number of amides is 1. The summed E-state index contributed by atoms with van der Waals surface area (Å²) in [6.07, 6.45) is 0.